The Morgan fingerprint density at radius 1 is 1.42 bits per heavy atom. The van der Waals surface area contributed by atoms with Gasteiger partial charge in [0.2, 0.25) is 5.43 Å². The number of nitrogens with one attached hydrogen (secondary N) is 1. The third kappa shape index (κ3) is 1.59. The molecule has 0 amide bonds. The highest BCUT2D eigenvalue weighted by Crippen LogP contribution is 2.22. The Hall–Kier alpha value is -0.610. The van der Waals surface area contributed by atoms with E-state index in [0.29, 0.717) is 0 Å². The molecule has 1 N–H and O–H groups in total. The highest BCUT2D eigenvalue weighted by Gasteiger charge is 2.15. The van der Waals surface area contributed by atoms with E-state index in [2.05, 4.69) is 4.98 Å². The molecule has 0 radical (unpaired) electrons. The number of H-pyrrole nitrogens is 1. The minimum absolute atomic E-state index is 0.204. The van der Waals surface area contributed by atoms with Crippen LogP contribution in [0.3, 0.4) is 0 Å². The summed E-state index contributed by atoms with van der Waals surface area (Å²) in [7, 11) is 0. The van der Waals surface area contributed by atoms with Crippen LogP contribution in [0, 0.1) is 0 Å². The standard InChI is InChI=1S/C6H3Cl2F2NO/c7-2-1-11-4(6(9)10)3(8)5(2)12/h1,6H,(H,11,12). The molecule has 0 atom stereocenters. The second-order valence-electron chi connectivity index (χ2n) is 1.99. The Balaban J connectivity index is 3.37. The minimum atomic E-state index is -2.80. The fraction of sp³-hybridized carbons (Fsp3) is 0.167. The summed E-state index contributed by atoms with van der Waals surface area (Å²) in [4.78, 5) is 13.0. The van der Waals surface area contributed by atoms with Crippen LogP contribution in [0.15, 0.2) is 11.0 Å². The van der Waals surface area contributed by atoms with E-state index in [4.69, 9.17) is 23.2 Å². The Morgan fingerprint density at radius 3 is 2.50 bits per heavy atom. The van der Waals surface area contributed by atoms with Gasteiger partial charge in [-0.2, -0.15) is 0 Å². The van der Waals surface area contributed by atoms with Crippen molar-refractivity contribution < 1.29 is 8.78 Å². The molecule has 1 aromatic rings. The summed E-state index contributed by atoms with van der Waals surface area (Å²) in [6, 6.07) is 0. The number of halogens is 4. The molecule has 6 heteroatoms. The van der Waals surface area contributed by atoms with Crippen molar-refractivity contribution in [2.75, 3.05) is 0 Å². The van der Waals surface area contributed by atoms with Crippen LogP contribution in [0.4, 0.5) is 8.78 Å². The maximum Gasteiger partial charge on any atom is 0.279 e. The smallest absolute Gasteiger partial charge is 0.279 e. The monoisotopic (exact) mass is 213 g/mol. The van der Waals surface area contributed by atoms with Crippen molar-refractivity contribution in [1.29, 1.82) is 0 Å². The normalized spacial score (nSPS) is 10.8. The van der Waals surface area contributed by atoms with Crippen molar-refractivity contribution in [3.8, 4) is 0 Å². The number of aromatic amines is 1. The zero-order valence-corrected chi connectivity index (χ0v) is 7.09. The zero-order chi connectivity index (χ0) is 9.30. The summed E-state index contributed by atoms with van der Waals surface area (Å²) in [5.41, 5.74) is -1.39. The molecule has 0 saturated heterocycles. The third-order valence-electron chi connectivity index (χ3n) is 1.23. The van der Waals surface area contributed by atoms with E-state index in [-0.39, 0.29) is 5.02 Å². The first-order valence-corrected chi connectivity index (χ1v) is 3.64. The van der Waals surface area contributed by atoms with Gasteiger partial charge in [0, 0.05) is 6.20 Å². The van der Waals surface area contributed by atoms with E-state index in [1.165, 1.54) is 0 Å². The van der Waals surface area contributed by atoms with E-state index in [9.17, 15) is 13.6 Å². The van der Waals surface area contributed by atoms with Gasteiger partial charge in [-0.15, -0.1) is 0 Å². The zero-order valence-electron chi connectivity index (χ0n) is 5.57. The van der Waals surface area contributed by atoms with Crippen LogP contribution in [0.5, 0.6) is 0 Å². The van der Waals surface area contributed by atoms with Crippen molar-refractivity contribution in [3.63, 3.8) is 0 Å². The van der Waals surface area contributed by atoms with Gasteiger partial charge in [0.15, 0.2) is 0 Å². The van der Waals surface area contributed by atoms with Crippen molar-refractivity contribution >= 4 is 23.2 Å². The van der Waals surface area contributed by atoms with Gasteiger partial charge in [0.25, 0.3) is 6.43 Å². The molecule has 1 heterocycles. The molecule has 0 bridgehead atoms. The number of pyridine rings is 1. The van der Waals surface area contributed by atoms with Crippen LogP contribution in [0.25, 0.3) is 0 Å². The third-order valence-corrected chi connectivity index (χ3v) is 1.88. The van der Waals surface area contributed by atoms with Crippen LogP contribution in [-0.4, -0.2) is 4.98 Å². The molecule has 66 valence electrons. The van der Waals surface area contributed by atoms with Gasteiger partial charge in [0.1, 0.15) is 15.7 Å². The van der Waals surface area contributed by atoms with Crippen molar-refractivity contribution in [1.82, 2.24) is 4.98 Å². The largest absolute Gasteiger partial charge is 0.358 e. The van der Waals surface area contributed by atoms with Gasteiger partial charge >= 0.3 is 0 Å². The molecule has 2 nitrogen and oxygen atoms in total. The second kappa shape index (κ2) is 3.41. The first kappa shape index (κ1) is 9.48. The second-order valence-corrected chi connectivity index (χ2v) is 2.78. The van der Waals surface area contributed by atoms with E-state index in [1.54, 1.807) is 0 Å². The molecular formula is C6H3Cl2F2NO. The molecule has 1 rings (SSSR count). The number of rotatable bonds is 1. The average molecular weight is 214 g/mol. The molecule has 0 saturated carbocycles. The Morgan fingerprint density at radius 2 is 2.00 bits per heavy atom. The summed E-state index contributed by atoms with van der Waals surface area (Å²) in [6.07, 6.45) is -1.82. The fourth-order valence-electron chi connectivity index (χ4n) is 0.656. The van der Waals surface area contributed by atoms with Crippen LogP contribution in [0.2, 0.25) is 10.0 Å². The molecule has 0 spiro atoms. The maximum atomic E-state index is 12.0. The predicted molar refractivity (Wildman–Crippen MR) is 42.0 cm³/mol. The van der Waals surface area contributed by atoms with Gasteiger partial charge in [-0.1, -0.05) is 23.2 Å². The number of hydrogen-bond donors (Lipinski definition) is 1. The van der Waals surface area contributed by atoms with Crippen molar-refractivity contribution in [2.45, 2.75) is 6.43 Å². The quantitative estimate of drug-likeness (QED) is 0.765. The van der Waals surface area contributed by atoms with E-state index < -0.39 is 22.6 Å². The lowest BCUT2D eigenvalue weighted by Crippen LogP contribution is -2.07. The first-order chi connectivity index (χ1) is 5.54. The molecule has 0 fully saturated rings. The first-order valence-electron chi connectivity index (χ1n) is 2.88. The van der Waals surface area contributed by atoms with Gasteiger partial charge in [-0.25, -0.2) is 8.78 Å². The van der Waals surface area contributed by atoms with E-state index in [0.717, 1.165) is 6.20 Å². The summed E-state index contributed by atoms with van der Waals surface area (Å²) in [5.74, 6) is 0. The van der Waals surface area contributed by atoms with Gasteiger partial charge in [-0.05, 0) is 0 Å². The molecule has 0 aliphatic rings. The molecule has 0 aromatic carbocycles. The predicted octanol–water partition coefficient (Wildman–Crippen LogP) is 2.62. The Kier molecular flexibility index (Phi) is 2.69. The Bertz CT molecular complexity index is 350. The van der Waals surface area contributed by atoms with Crippen LogP contribution in [0.1, 0.15) is 12.1 Å². The fourth-order valence-corrected chi connectivity index (χ4v) is 1.09. The lowest BCUT2D eigenvalue weighted by Gasteiger charge is -2.01. The molecule has 0 aliphatic carbocycles. The lowest BCUT2D eigenvalue weighted by atomic mass is 10.3. The van der Waals surface area contributed by atoms with Crippen LogP contribution >= 0.6 is 23.2 Å². The number of alkyl halides is 2. The molecular weight excluding hydrogens is 211 g/mol. The summed E-state index contributed by atoms with van der Waals surface area (Å²) >= 11 is 10.6. The van der Waals surface area contributed by atoms with Gasteiger partial charge in [-0.3, -0.25) is 4.79 Å². The number of hydrogen-bond acceptors (Lipinski definition) is 1. The average Bonchev–Trinajstić information content (AvgIpc) is 2.00. The topological polar surface area (TPSA) is 32.9 Å². The highest BCUT2D eigenvalue weighted by molar-refractivity contribution is 6.34. The molecule has 0 unspecified atom stereocenters. The maximum absolute atomic E-state index is 12.0. The van der Waals surface area contributed by atoms with Crippen molar-refractivity contribution in [2.24, 2.45) is 0 Å². The van der Waals surface area contributed by atoms with E-state index in [1.807, 2.05) is 0 Å². The van der Waals surface area contributed by atoms with Crippen LogP contribution < -0.4 is 5.43 Å². The molecule has 12 heavy (non-hydrogen) atoms. The lowest BCUT2D eigenvalue weighted by molar-refractivity contribution is 0.146. The summed E-state index contributed by atoms with van der Waals surface area (Å²) < 4.78 is 24.1. The molecule has 0 aliphatic heterocycles. The van der Waals surface area contributed by atoms with Gasteiger partial charge < -0.3 is 4.98 Å². The SMILES string of the molecule is O=c1c(Cl)c[nH]c(C(F)F)c1Cl. The summed E-state index contributed by atoms with van der Waals surface area (Å²) in [5, 5.41) is -0.762. The van der Waals surface area contributed by atoms with Crippen LogP contribution in [-0.2, 0) is 0 Å². The van der Waals surface area contributed by atoms with E-state index >= 15 is 0 Å². The minimum Gasteiger partial charge on any atom is -0.358 e. The Labute approximate surface area is 76.1 Å². The van der Waals surface area contributed by atoms with Crippen molar-refractivity contribution in [3.05, 3.63) is 32.2 Å². The number of aromatic nitrogens is 1. The molecule has 1 aromatic heterocycles. The highest BCUT2D eigenvalue weighted by atomic mass is 35.5. The summed E-state index contributed by atoms with van der Waals surface area (Å²) in [6.45, 7) is 0. The van der Waals surface area contributed by atoms with Gasteiger partial charge in [0.05, 0.1) is 0 Å².